The lowest BCUT2D eigenvalue weighted by atomic mass is 10.1. The molecule has 10 nitrogen and oxygen atoms in total. The van der Waals surface area contributed by atoms with E-state index >= 15 is 0 Å². The molecule has 6 rings (SSSR count). The summed E-state index contributed by atoms with van der Waals surface area (Å²) in [7, 11) is 0. The summed E-state index contributed by atoms with van der Waals surface area (Å²) < 4.78 is 3.71. The number of rotatable bonds is 6. The van der Waals surface area contributed by atoms with E-state index in [4.69, 9.17) is 10.1 Å². The van der Waals surface area contributed by atoms with Gasteiger partial charge in [0.25, 0.3) is 5.91 Å². The van der Waals surface area contributed by atoms with Gasteiger partial charge < -0.3 is 15.5 Å². The number of fused-ring (bicyclic) bond motifs is 2. The number of hydrogen-bond acceptors (Lipinski definition) is 7. The molecule has 0 radical (unpaired) electrons. The van der Waals surface area contributed by atoms with Gasteiger partial charge in [-0.15, -0.1) is 0 Å². The third-order valence-electron chi connectivity index (χ3n) is 6.53. The molecule has 36 heavy (non-hydrogen) atoms. The Balaban J connectivity index is 1.31. The zero-order valence-corrected chi connectivity index (χ0v) is 20.1. The van der Waals surface area contributed by atoms with Gasteiger partial charge in [0.15, 0.2) is 5.65 Å². The van der Waals surface area contributed by atoms with Crippen LogP contribution in [0, 0.1) is 0 Å². The fourth-order valence-corrected chi connectivity index (χ4v) is 4.76. The van der Waals surface area contributed by atoms with Crippen molar-refractivity contribution in [3.05, 3.63) is 78.3 Å². The molecule has 10 heteroatoms. The third kappa shape index (κ3) is 4.05. The standard InChI is InChI=1S/C26H27N9O/c1-2-19-25-20(31-26(36)22-15-29-24-16-28-11-14-34(22)24)6-4-7-21(25)35(32-19)17-18-5-3-8-23(30-18)33-12-9-27-10-13-33/h3-8,11,14-16,27H,2,9-10,12-13,17H2,1H3,(H,31,36). The Morgan fingerprint density at radius 1 is 1.11 bits per heavy atom. The van der Waals surface area contributed by atoms with Crippen LogP contribution in [0.4, 0.5) is 11.5 Å². The normalized spacial score (nSPS) is 14.0. The molecule has 4 aromatic heterocycles. The first kappa shape index (κ1) is 22.2. The number of imidazole rings is 1. The molecular weight excluding hydrogens is 454 g/mol. The molecule has 1 aliphatic rings. The maximum atomic E-state index is 13.2. The van der Waals surface area contributed by atoms with Crippen molar-refractivity contribution in [2.45, 2.75) is 19.9 Å². The van der Waals surface area contributed by atoms with Gasteiger partial charge in [0.05, 0.1) is 41.5 Å². The van der Waals surface area contributed by atoms with Crippen LogP contribution in [0.15, 0.2) is 61.2 Å². The van der Waals surface area contributed by atoms with Crippen molar-refractivity contribution >= 4 is 34.0 Å². The van der Waals surface area contributed by atoms with Gasteiger partial charge >= 0.3 is 0 Å². The van der Waals surface area contributed by atoms with Crippen LogP contribution in [0.5, 0.6) is 0 Å². The fourth-order valence-electron chi connectivity index (χ4n) is 4.76. The van der Waals surface area contributed by atoms with Crippen molar-refractivity contribution in [1.82, 2.24) is 34.4 Å². The fraction of sp³-hybridized carbons (Fsp3) is 0.269. The van der Waals surface area contributed by atoms with E-state index in [1.54, 1.807) is 29.2 Å². The van der Waals surface area contributed by atoms with Crippen LogP contribution in [-0.2, 0) is 13.0 Å². The molecule has 0 bridgehead atoms. The number of nitrogens with zero attached hydrogens (tertiary/aromatic N) is 7. The van der Waals surface area contributed by atoms with Crippen molar-refractivity contribution in [1.29, 1.82) is 0 Å². The molecule has 0 unspecified atom stereocenters. The van der Waals surface area contributed by atoms with E-state index in [0.29, 0.717) is 17.9 Å². The van der Waals surface area contributed by atoms with Gasteiger partial charge in [0.2, 0.25) is 0 Å². The van der Waals surface area contributed by atoms with Gasteiger partial charge in [-0.3, -0.25) is 18.9 Å². The summed E-state index contributed by atoms with van der Waals surface area (Å²) in [5.41, 5.74) is 4.64. The van der Waals surface area contributed by atoms with Crippen LogP contribution in [0.1, 0.15) is 28.8 Å². The Hall–Kier alpha value is -4.31. The summed E-state index contributed by atoms with van der Waals surface area (Å²) in [6.45, 7) is 6.46. The SMILES string of the molecule is CCc1nn(Cc2cccc(N3CCNCC3)n2)c2cccc(NC(=O)c3cnc4cnccn34)c12. The number of aromatic nitrogens is 6. The quantitative estimate of drug-likeness (QED) is 0.384. The number of benzene rings is 1. The lowest BCUT2D eigenvalue weighted by Gasteiger charge is -2.28. The minimum Gasteiger partial charge on any atom is -0.354 e. The molecule has 1 fully saturated rings. The summed E-state index contributed by atoms with van der Waals surface area (Å²) >= 11 is 0. The van der Waals surface area contributed by atoms with Gasteiger partial charge in [-0.25, -0.2) is 9.97 Å². The van der Waals surface area contributed by atoms with Crippen molar-refractivity contribution < 1.29 is 4.79 Å². The van der Waals surface area contributed by atoms with Crippen molar-refractivity contribution in [2.75, 3.05) is 36.4 Å². The van der Waals surface area contributed by atoms with Crippen LogP contribution in [0.25, 0.3) is 16.6 Å². The Labute approximate surface area is 208 Å². The van der Waals surface area contributed by atoms with Gasteiger partial charge in [-0.2, -0.15) is 5.10 Å². The number of aryl methyl sites for hydroxylation is 1. The largest absolute Gasteiger partial charge is 0.354 e. The van der Waals surface area contributed by atoms with E-state index in [-0.39, 0.29) is 5.91 Å². The number of anilines is 2. The molecule has 1 saturated heterocycles. The first-order valence-corrected chi connectivity index (χ1v) is 12.2. The smallest absolute Gasteiger partial charge is 0.274 e. The Bertz CT molecular complexity index is 1550. The third-order valence-corrected chi connectivity index (χ3v) is 6.53. The molecule has 1 amide bonds. The zero-order chi connectivity index (χ0) is 24.5. The maximum absolute atomic E-state index is 13.2. The highest BCUT2D eigenvalue weighted by Crippen LogP contribution is 2.29. The number of piperazine rings is 1. The molecule has 182 valence electrons. The number of carbonyl (C=O) groups excluding carboxylic acids is 1. The maximum Gasteiger partial charge on any atom is 0.274 e. The lowest BCUT2D eigenvalue weighted by molar-refractivity contribution is 0.102. The Morgan fingerprint density at radius 3 is 2.83 bits per heavy atom. The minimum absolute atomic E-state index is 0.235. The minimum atomic E-state index is -0.235. The van der Waals surface area contributed by atoms with Gasteiger partial charge in [-0.05, 0) is 30.7 Å². The number of pyridine rings is 1. The van der Waals surface area contributed by atoms with E-state index < -0.39 is 0 Å². The molecule has 5 aromatic rings. The van der Waals surface area contributed by atoms with Gasteiger partial charge in [0, 0.05) is 44.0 Å². The summed E-state index contributed by atoms with van der Waals surface area (Å²) in [6.07, 6.45) is 7.30. The van der Waals surface area contributed by atoms with Crippen molar-refractivity contribution in [2.24, 2.45) is 0 Å². The van der Waals surface area contributed by atoms with E-state index in [0.717, 1.165) is 66.4 Å². The predicted octanol–water partition coefficient (Wildman–Crippen LogP) is 2.75. The second kappa shape index (κ2) is 9.38. The molecule has 5 heterocycles. The second-order valence-electron chi connectivity index (χ2n) is 8.78. The average Bonchev–Trinajstić information content (AvgIpc) is 3.52. The highest BCUT2D eigenvalue weighted by molar-refractivity contribution is 6.08. The molecular formula is C26H27N9O. The molecule has 0 spiro atoms. The number of hydrogen-bond donors (Lipinski definition) is 2. The van der Waals surface area contributed by atoms with E-state index in [9.17, 15) is 4.79 Å². The highest BCUT2D eigenvalue weighted by Gasteiger charge is 2.18. The highest BCUT2D eigenvalue weighted by atomic mass is 16.2. The van der Waals surface area contributed by atoms with E-state index in [1.165, 1.54) is 0 Å². The summed E-state index contributed by atoms with van der Waals surface area (Å²) in [5.74, 6) is 0.763. The topological polar surface area (TPSA) is 105 Å². The Kier molecular flexibility index (Phi) is 5.78. The van der Waals surface area contributed by atoms with Crippen LogP contribution < -0.4 is 15.5 Å². The second-order valence-corrected chi connectivity index (χ2v) is 8.78. The Morgan fingerprint density at radius 2 is 1.97 bits per heavy atom. The van der Waals surface area contributed by atoms with Crippen LogP contribution in [-0.4, -0.2) is 61.2 Å². The first-order chi connectivity index (χ1) is 17.7. The molecule has 0 aliphatic carbocycles. The zero-order valence-electron chi connectivity index (χ0n) is 20.1. The van der Waals surface area contributed by atoms with Crippen molar-refractivity contribution in [3.8, 4) is 0 Å². The lowest BCUT2D eigenvalue weighted by Crippen LogP contribution is -2.43. The van der Waals surface area contributed by atoms with Crippen LogP contribution in [0.3, 0.4) is 0 Å². The number of amides is 1. The van der Waals surface area contributed by atoms with Crippen LogP contribution in [0.2, 0.25) is 0 Å². The van der Waals surface area contributed by atoms with E-state index in [2.05, 4.69) is 44.6 Å². The average molecular weight is 482 g/mol. The molecule has 0 atom stereocenters. The van der Waals surface area contributed by atoms with Crippen LogP contribution >= 0.6 is 0 Å². The van der Waals surface area contributed by atoms with Gasteiger partial charge in [-0.1, -0.05) is 19.1 Å². The first-order valence-electron chi connectivity index (χ1n) is 12.2. The van der Waals surface area contributed by atoms with Crippen molar-refractivity contribution in [3.63, 3.8) is 0 Å². The van der Waals surface area contributed by atoms with E-state index in [1.807, 2.05) is 28.9 Å². The molecule has 0 saturated carbocycles. The number of nitrogens with one attached hydrogen (secondary N) is 2. The summed E-state index contributed by atoms with van der Waals surface area (Å²) in [6, 6.07) is 12.1. The molecule has 2 N–H and O–H groups in total. The summed E-state index contributed by atoms with van der Waals surface area (Å²) in [5, 5.41) is 12.3. The molecule has 1 aromatic carbocycles. The monoisotopic (exact) mass is 481 g/mol. The number of carbonyl (C=O) groups is 1. The predicted molar refractivity (Wildman–Crippen MR) is 138 cm³/mol. The van der Waals surface area contributed by atoms with Gasteiger partial charge in [0.1, 0.15) is 11.5 Å². The summed E-state index contributed by atoms with van der Waals surface area (Å²) in [4.78, 5) is 28.8. The molecule has 1 aliphatic heterocycles.